The molecule has 3 rings (SSSR count). The van der Waals surface area contributed by atoms with Gasteiger partial charge in [-0.1, -0.05) is 44.2 Å². The van der Waals surface area contributed by atoms with Crippen molar-refractivity contribution in [3.05, 3.63) is 59.4 Å². The molecule has 0 spiro atoms. The molecule has 1 aromatic heterocycles. The van der Waals surface area contributed by atoms with Gasteiger partial charge in [-0.25, -0.2) is 4.99 Å². The number of aromatic amines is 1. The number of nitrogens with zero attached hydrogens (tertiary/aromatic N) is 2. The van der Waals surface area contributed by atoms with Gasteiger partial charge in [0.1, 0.15) is 24.7 Å². The van der Waals surface area contributed by atoms with Crippen LogP contribution in [0.15, 0.2) is 52.4 Å². The summed E-state index contributed by atoms with van der Waals surface area (Å²) in [6, 6.07) is 11.6. The predicted octanol–water partition coefficient (Wildman–Crippen LogP) is 0.467. The van der Waals surface area contributed by atoms with Crippen LogP contribution in [-0.2, 0) is 25.5 Å². The molecule has 0 radical (unpaired) electrons. The number of hydrogen-bond acceptors (Lipinski definition) is 8. The second kappa shape index (κ2) is 12.5. The number of carbonyl (C=O) groups is 2. The number of hydrogen-bond donors (Lipinski definition) is 5. The number of amides is 1. The fourth-order valence-corrected chi connectivity index (χ4v) is 3.75. The molecule has 11 nitrogen and oxygen atoms in total. The van der Waals surface area contributed by atoms with Crippen molar-refractivity contribution in [3.8, 4) is 0 Å². The van der Waals surface area contributed by atoms with Crippen LogP contribution in [0.5, 0.6) is 0 Å². The van der Waals surface area contributed by atoms with Gasteiger partial charge < -0.3 is 35.7 Å². The Hall–Kier alpha value is -3.38. The molecule has 0 bridgehead atoms. The molecule has 5 atom stereocenters. The Kier molecular flexibility index (Phi) is 9.48. The lowest BCUT2D eigenvalue weighted by Crippen LogP contribution is -2.46. The Morgan fingerprint density at radius 3 is 2.61 bits per heavy atom. The summed E-state index contributed by atoms with van der Waals surface area (Å²) in [6.45, 7) is 3.22. The van der Waals surface area contributed by atoms with E-state index in [-0.39, 0.29) is 18.2 Å². The minimum atomic E-state index is -1.24. The summed E-state index contributed by atoms with van der Waals surface area (Å²) >= 11 is 0. The minimum Gasteiger partial charge on any atom is -0.456 e. The number of aliphatic imine (C=N–C) groups is 2. The van der Waals surface area contributed by atoms with Crippen LogP contribution in [0.1, 0.15) is 36.9 Å². The van der Waals surface area contributed by atoms with Crippen molar-refractivity contribution in [1.82, 2.24) is 10.3 Å². The Morgan fingerprint density at radius 2 is 1.97 bits per heavy atom. The predicted molar refractivity (Wildman–Crippen MR) is 133 cm³/mol. The lowest BCUT2D eigenvalue weighted by Gasteiger charge is -2.19. The van der Waals surface area contributed by atoms with Crippen molar-refractivity contribution in [2.45, 2.75) is 50.7 Å². The van der Waals surface area contributed by atoms with E-state index in [9.17, 15) is 19.8 Å². The van der Waals surface area contributed by atoms with E-state index in [0.29, 0.717) is 11.4 Å². The highest BCUT2D eigenvalue weighted by molar-refractivity contribution is 6.10. The maximum Gasteiger partial charge on any atom is 0.310 e. The molecule has 2 heterocycles. The number of H-pyrrole nitrogens is 1. The molecule has 1 amide bonds. The number of carbonyl (C=O) groups excluding carboxylic acids is 2. The number of nitrogens with two attached hydrogens (primary N) is 1. The lowest BCUT2D eigenvalue weighted by atomic mass is 10.1. The average Bonchev–Trinajstić information content (AvgIpc) is 3.46. The molecule has 194 valence electrons. The number of benzene rings is 1. The van der Waals surface area contributed by atoms with Crippen LogP contribution in [0.4, 0.5) is 0 Å². The number of nitrogens with one attached hydrogen (secondary N) is 2. The molecule has 1 saturated heterocycles. The van der Waals surface area contributed by atoms with Gasteiger partial charge >= 0.3 is 5.97 Å². The third kappa shape index (κ3) is 6.64. The van der Waals surface area contributed by atoms with E-state index in [4.69, 9.17) is 15.2 Å². The van der Waals surface area contributed by atoms with Gasteiger partial charge in [-0.15, -0.1) is 0 Å². The topological polar surface area (TPSA) is 172 Å². The van der Waals surface area contributed by atoms with Gasteiger partial charge in [0.25, 0.3) is 0 Å². The quantitative estimate of drug-likeness (QED) is 0.189. The van der Waals surface area contributed by atoms with Crippen LogP contribution in [0.3, 0.4) is 0 Å². The zero-order valence-corrected chi connectivity index (χ0v) is 20.5. The summed E-state index contributed by atoms with van der Waals surface area (Å²) < 4.78 is 11.3. The first kappa shape index (κ1) is 27.2. The Labute approximate surface area is 209 Å². The number of aliphatic hydroxyl groups is 2. The second-order valence-electron chi connectivity index (χ2n) is 8.82. The third-order valence-corrected chi connectivity index (χ3v) is 5.81. The zero-order valence-electron chi connectivity index (χ0n) is 20.5. The lowest BCUT2D eigenvalue weighted by molar-refractivity contribution is -0.155. The van der Waals surface area contributed by atoms with Gasteiger partial charge in [-0.2, -0.15) is 0 Å². The zero-order chi connectivity index (χ0) is 26.2. The molecule has 1 aliphatic heterocycles. The first-order chi connectivity index (χ1) is 17.2. The maximum absolute atomic E-state index is 12.5. The average molecular weight is 500 g/mol. The van der Waals surface area contributed by atoms with Crippen LogP contribution < -0.4 is 11.1 Å². The second-order valence-corrected chi connectivity index (χ2v) is 8.82. The van der Waals surface area contributed by atoms with E-state index in [2.05, 4.69) is 20.3 Å². The van der Waals surface area contributed by atoms with Crippen molar-refractivity contribution in [1.29, 1.82) is 0 Å². The SMILES string of the molecule is CN=CN=C(NC(=O)[C@@H](N)C(C)C)c1ccc(C2O[C@H](CO)[C@@H](OC(=O)Cc3ccccc3)[C@H]2O)[nH]1. The number of rotatable bonds is 9. The van der Waals surface area contributed by atoms with Crippen molar-refractivity contribution in [3.63, 3.8) is 0 Å². The van der Waals surface area contributed by atoms with Crippen LogP contribution in [0.2, 0.25) is 0 Å². The number of aromatic nitrogens is 1. The summed E-state index contributed by atoms with van der Waals surface area (Å²) in [4.78, 5) is 36.0. The van der Waals surface area contributed by atoms with E-state index in [1.54, 1.807) is 31.3 Å². The minimum absolute atomic E-state index is 0.0243. The fraction of sp³-hybridized carbons (Fsp3) is 0.440. The van der Waals surface area contributed by atoms with Gasteiger partial charge in [0.05, 0.1) is 24.8 Å². The molecule has 36 heavy (non-hydrogen) atoms. The van der Waals surface area contributed by atoms with Crippen LogP contribution >= 0.6 is 0 Å². The van der Waals surface area contributed by atoms with E-state index in [1.165, 1.54) is 6.34 Å². The molecule has 1 unspecified atom stereocenters. The number of aliphatic hydroxyl groups excluding tert-OH is 2. The molecule has 2 aromatic rings. The van der Waals surface area contributed by atoms with Crippen molar-refractivity contribution < 1.29 is 29.3 Å². The van der Waals surface area contributed by atoms with E-state index in [0.717, 1.165) is 5.56 Å². The molecule has 11 heteroatoms. The molecular formula is C25H33N5O6. The van der Waals surface area contributed by atoms with Crippen LogP contribution in [-0.4, -0.2) is 77.3 Å². The van der Waals surface area contributed by atoms with Gasteiger partial charge in [-0.3, -0.25) is 14.6 Å². The molecule has 1 aliphatic rings. The molecule has 1 fully saturated rings. The van der Waals surface area contributed by atoms with E-state index < -0.39 is 48.9 Å². The standard InChI is InChI=1S/C25H33N5O6/c1-14(2)20(26)25(34)30-24(28-13-27-3)17-10-9-16(29-17)22-21(33)23(18(12-31)35-22)36-19(32)11-15-7-5-4-6-8-15/h4-10,13-14,18,20-23,29,31,33H,11-12,26H2,1-3H3,(H,27,28,30,34)/t18-,20+,21+,22?,23-/m1/s1. The van der Waals surface area contributed by atoms with Gasteiger partial charge in [0.2, 0.25) is 5.91 Å². The van der Waals surface area contributed by atoms with Gasteiger partial charge in [0.15, 0.2) is 11.9 Å². The first-order valence-electron chi connectivity index (χ1n) is 11.7. The summed E-state index contributed by atoms with van der Waals surface area (Å²) in [7, 11) is 1.54. The largest absolute Gasteiger partial charge is 0.456 e. The van der Waals surface area contributed by atoms with Gasteiger partial charge in [0, 0.05) is 12.7 Å². The number of esters is 1. The molecular weight excluding hydrogens is 466 g/mol. The monoisotopic (exact) mass is 499 g/mol. The van der Waals surface area contributed by atoms with Crippen LogP contribution in [0.25, 0.3) is 0 Å². The molecule has 1 aromatic carbocycles. The fourth-order valence-electron chi connectivity index (χ4n) is 3.75. The van der Waals surface area contributed by atoms with Crippen molar-refractivity contribution in [2.24, 2.45) is 21.6 Å². The highest BCUT2D eigenvalue weighted by Crippen LogP contribution is 2.35. The molecule has 0 aliphatic carbocycles. The number of ether oxygens (including phenoxy) is 2. The van der Waals surface area contributed by atoms with Crippen molar-refractivity contribution >= 4 is 24.1 Å². The Morgan fingerprint density at radius 1 is 1.25 bits per heavy atom. The highest BCUT2D eigenvalue weighted by Gasteiger charge is 2.47. The number of amidine groups is 1. The first-order valence-corrected chi connectivity index (χ1v) is 11.7. The summed E-state index contributed by atoms with van der Waals surface area (Å²) in [6.07, 6.45) is -2.83. The van der Waals surface area contributed by atoms with E-state index >= 15 is 0 Å². The third-order valence-electron chi connectivity index (χ3n) is 5.81. The maximum atomic E-state index is 12.5. The van der Waals surface area contributed by atoms with Crippen molar-refractivity contribution in [2.75, 3.05) is 13.7 Å². The Balaban J connectivity index is 1.74. The Bertz CT molecular complexity index is 1080. The molecule has 6 N–H and O–H groups in total. The normalized spacial score (nSPS) is 23.2. The summed E-state index contributed by atoms with van der Waals surface area (Å²) in [5, 5.41) is 23.4. The smallest absolute Gasteiger partial charge is 0.310 e. The van der Waals surface area contributed by atoms with Crippen LogP contribution in [0, 0.1) is 5.92 Å². The summed E-state index contributed by atoms with van der Waals surface area (Å²) in [5.41, 5.74) is 7.58. The van der Waals surface area contributed by atoms with Gasteiger partial charge in [-0.05, 0) is 23.6 Å². The van der Waals surface area contributed by atoms with E-state index in [1.807, 2.05) is 32.0 Å². The molecule has 0 saturated carbocycles. The summed E-state index contributed by atoms with van der Waals surface area (Å²) in [5.74, 6) is -0.848. The highest BCUT2D eigenvalue weighted by atomic mass is 16.6.